The number of nitriles is 1. The third kappa shape index (κ3) is 3.15. The van der Waals surface area contributed by atoms with E-state index in [9.17, 15) is 8.42 Å². The van der Waals surface area contributed by atoms with E-state index in [-0.39, 0.29) is 10.5 Å². The fraction of sp³-hybridized carbons (Fsp3) is 0.222. The second-order valence-corrected chi connectivity index (χ2v) is 5.51. The second-order valence-electron chi connectivity index (χ2n) is 2.69. The summed E-state index contributed by atoms with van der Waals surface area (Å²) in [7, 11) is -3.54. The van der Waals surface area contributed by atoms with E-state index in [1.54, 1.807) is 12.1 Å². The Balaban J connectivity index is 3.11. The van der Waals surface area contributed by atoms with Gasteiger partial charge in [-0.25, -0.2) is 13.1 Å². The number of alkyl halides is 1. The van der Waals surface area contributed by atoms with Crippen LogP contribution in [-0.2, 0) is 10.0 Å². The molecule has 1 rings (SSSR count). The van der Waals surface area contributed by atoms with Gasteiger partial charge in [-0.15, -0.1) is 0 Å². The Bertz CT molecular complexity index is 479. The molecule has 0 aliphatic rings. The van der Waals surface area contributed by atoms with Crippen LogP contribution >= 0.6 is 22.6 Å². The molecule has 0 aromatic heterocycles. The Labute approximate surface area is 102 Å². The van der Waals surface area contributed by atoms with E-state index < -0.39 is 10.0 Å². The molecule has 1 aromatic carbocycles. The summed E-state index contributed by atoms with van der Waals surface area (Å²) in [4.78, 5) is 0.0392. The molecule has 0 aliphatic heterocycles. The minimum Gasteiger partial charge on any atom is -0.210 e. The standard InChI is InChI=1S/C9H9IN2O2S/c10-5-6-12-15(13,14)9-4-2-1-3-8(9)7-11/h1-4,12H,5-6H2. The predicted molar refractivity (Wildman–Crippen MR) is 65.2 cm³/mol. The van der Waals surface area contributed by atoms with E-state index in [2.05, 4.69) is 27.3 Å². The summed E-state index contributed by atoms with van der Waals surface area (Å²) in [5, 5.41) is 8.76. The van der Waals surface area contributed by atoms with Crippen molar-refractivity contribution in [1.82, 2.24) is 4.72 Å². The maximum absolute atomic E-state index is 11.7. The van der Waals surface area contributed by atoms with Crippen molar-refractivity contribution in [3.63, 3.8) is 0 Å². The number of halogens is 1. The minimum absolute atomic E-state index is 0.0392. The lowest BCUT2D eigenvalue weighted by atomic mass is 10.2. The molecule has 0 bridgehead atoms. The molecule has 1 aromatic rings. The lowest BCUT2D eigenvalue weighted by Crippen LogP contribution is -2.26. The van der Waals surface area contributed by atoms with Gasteiger partial charge in [0.05, 0.1) is 10.5 Å². The Morgan fingerprint density at radius 3 is 2.67 bits per heavy atom. The zero-order valence-corrected chi connectivity index (χ0v) is 10.7. The third-order valence-electron chi connectivity index (χ3n) is 1.68. The van der Waals surface area contributed by atoms with Gasteiger partial charge in [0.15, 0.2) is 0 Å². The number of rotatable bonds is 4. The molecule has 4 nitrogen and oxygen atoms in total. The molecule has 0 unspecified atom stereocenters. The molecule has 0 spiro atoms. The van der Waals surface area contributed by atoms with E-state index in [4.69, 9.17) is 5.26 Å². The van der Waals surface area contributed by atoms with Crippen molar-refractivity contribution >= 4 is 32.6 Å². The summed E-state index contributed by atoms with van der Waals surface area (Å²) in [5.41, 5.74) is 0.165. The molecule has 0 atom stereocenters. The van der Waals surface area contributed by atoms with Crippen molar-refractivity contribution in [3.8, 4) is 6.07 Å². The van der Waals surface area contributed by atoms with Crippen LogP contribution in [0.5, 0.6) is 0 Å². The van der Waals surface area contributed by atoms with Gasteiger partial charge in [-0.3, -0.25) is 0 Å². The molecular weight excluding hydrogens is 327 g/mol. The van der Waals surface area contributed by atoms with Crippen molar-refractivity contribution in [2.24, 2.45) is 0 Å². The van der Waals surface area contributed by atoms with E-state index in [1.807, 2.05) is 6.07 Å². The molecule has 15 heavy (non-hydrogen) atoms. The highest BCUT2D eigenvalue weighted by atomic mass is 127. The number of hydrogen-bond acceptors (Lipinski definition) is 3. The molecule has 0 radical (unpaired) electrons. The summed E-state index contributed by atoms with van der Waals surface area (Å²) in [6.45, 7) is 0.364. The number of nitrogens with one attached hydrogen (secondary N) is 1. The fourth-order valence-electron chi connectivity index (χ4n) is 1.04. The summed E-state index contributed by atoms with van der Waals surface area (Å²) < 4.78 is 26.5. The van der Waals surface area contributed by atoms with Gasteiger partial charge < -0.3 is 0 Å². The Morgan fingerprint density at radius 1 is 1.40 bits per heavy atom. The van der Waals surface area contributed by atoms with Crippen LogP contribution in [0.4, 0.5) is 0 Å². The van der Waals surface area contributed by atoms with Crippen molar-refractivity contribution in [3.05, 3.63) is 29.8 Å². The first-order valence-corrected chi connectivity index (χ1v) is 7.17. The summed E-state index contributed by atoms with van der Waals surface area (Å²) in [5.74, 6) is 0. The van der Waals surface area contributed by atoms with E-state index >= 15 is 0 Å². The van der Waals surface area contributed by atoms with Gasteiger partial charge in [0.25, 0.3) is 0 Å². The maximum atomic E-state index is 11.7. The largest absolute Gasteiger partial charge is 0.241 e. The number of hydrogen-bond donors (Lipinski definition) is 1. The van der Waals surface area contributed by atoms with Crippen molar-refractivity contribution in [2.75, 3.05) is 11.0 Å². The molecule has 80 valence electrons. The third-order valence-corrected chi connectivity index (χ3v) is 3.74. The number of sulfonamides is 1. The van der Waals surface area contributed by atoms with Gasteiger partial charge in [0.1, 0.15) is 6.07 Å². The maximum Gasteiger partial charge on any atom is 0.241 e. The van der Waals surface area contributed by atoms with Crippen LogP contribution in [0.25, 0.3) is 0 Å². The fourth-order valence-corrected chi connectivity index (χ4v) is 2.87. The first kappa shape index (κ1) is 12.4. The average Bonchev–Trinajstić information content (AvgIpc) is 2.26. The highest BCUT2D eigenvalue weighted by Crippen LogP contribution is 2.13. The molecule has 0 saturated carbocycles. The van der Waals surface area contributed by atoms with Crippen LogP contribution in [0.1, 0.15) is 5.56 Å². The Hall–Kier alpha value is -0.650. The normalized spacial score (nSPS) is 10.9. The highest BCUT2D eigenvalue weighted by Gasteiger charge is 2.16. The van der Waals surface area contributed by atoms with Gasteiger partial charge in [-0.05, 0) is 12.1 Å². The van der Waals surface area contributed by atoms with Crippen LogP contribution < -0.4 is 4.72 Å². The van der Waals surface area contributed by atoms with Gasteiger partial charge in [-0.1, -0.05) is 34.7 Å². The van der Waals surface area contributed by atoms with E-state index in [1.165, 1.54) is 12.1 Å². The van der Waals surface area contributed by atoms with Crippen LogP contribution in [0.15, 0.2) is 29.2 Å². The molecule has 0 heterocycles. The lowest BCUT2D eigenvalue weighted by Gasteiger charge is -2.06. The van der Waals surface area contributed by atoms with Gasteiger partial charge in [0, 0.05) is 11.0 Å². The van der Waals surface area contributed by atoms with Gasteiger partial charge in [-0.2, -0.15) is 5.26 Å². The average molecular weight is 336 g/mol. The molecule has 1 N–H and O–H groups in total. The van der Waals surface area contributed by atoms with Crippen LogP contribution in [0.3, 0.4) is 0 Å². The summed E-state index contributed by atoms with van der Waals surface area (Å²) in [6, 6.07) is 8.00. The van der Waals surface area contributed by atoms with Crippen LogP contribution in [-0.4, -0.2) is 19.4 Å². The monoisotopic (exact) mass is 336 g/mol. The smallest absolute Gasteiger partial charge is 0.210 e. The first-order valence-electron chi connectivity index (χ1n) is 4.16. The summed E-state index contributed by atoms with van der Waals surface area (Å²) >= 11 is 2.07. The van der Waals surface area contributed by atoms with Gasteiger partial charge >= 0.3 is 0 Å². The van der Waals surface area contributed by atoms with Crippen LogP contribution in [0, 0.1) is 11.3 Å². The van der Waals surface area contributed by atoms with Crippen molar-refractivity contribution < 1.29 is 8.42 Å². The molecule has 0 saturated heterocycles. The molecule has 0 aliphatic carbocycles. The zero-order valence-electron chi connectivity index (χ0n) is 7.77. The van der Waals surface area contributed by atoms with Gasteiger partial charge in [0.2, 0.25) is 10.0 Å². The second kappa shape index (κ2) is 5.44. The van der Waals surface area contributed by atoms with E-state index in [0.717, 1.165) is 0 Å². The molecular formula is C9H9IN2O2S. The lowest BCUT2D eigenvalue weighted by molar-refractivity contribution is 0.584. The minimum atomic E-state index is -3.54. The zero-order chi connectivity index (χ0) is 11.3. The Kier molecular flexibility index (Phi) is 4.50. The van der Waals surface area contributed by atoms with Crippen molar-refractivity contribution in [1.29, 1.82) is 5.26 Å². The number of nitrogens with zero attached hydrogens (tertiary/aromatic N) is 1. The van der Waals surface area contributed by atoms with Crippen LogP contribution in [0.2, 0.25) is 0 Å². The highest BCUT2D eigenvalue weighted by molar-refractivity contribution is 14.1. The molecule has 0 fully saturated rings. The summed E-state index contributed by atoms with van der Waals surface area (Å²) in [6.07, 6.45) is 0. The first-order chi connectivity index (χ1) is 7.11. The quantitative estimate of drug-likeness (QED) is 0.665. The topological polar surface area (TPSA) is 70.0 Å². The van der Waals surface area contributed by atoms with E-state index in [0.29, 0.717) is 11.0 Å². The Morgan fingerprint density at radius 2 is 2.07 bits per heavy atom. The van der Waals surface area contributed by atoms with Crippen molar-refractivity contribution in [2.45, 2.75) is 4.90 Å². The predicted octanol–water partition coefficient (Wildman–Crippen LogP) is 1.27. The molecule has 6 heteroatoms. The number of benzene rings is 1. The molecule has 0 amide bonds. The SMILES string of the molecule is N#Cc1ccccc1S(=O)(=O)NCCI.